The number of rotatable bonds is 7. The minimum absolute atomic E-state index is 0.191. The minimum atomic E-state index is -1.01. The number of carbonyl (C=O) groups is 2. The van der Waals surface area contributed by atoms with Crippen LogP contribution >= 0.6 is 0 Å². The van der Waals surface area contributed by atoms with Gasteiger partial charge in [0.25, 0.3) is 5.91 Å². The number of ether oxygens (including phenoxy) is 1. The Bertz CT molecular complexity index is 508. The Balaban J connectivity index is 2.00. The van der Waals surface area contributed by atoms with Gasteiger partial charge in [0.1, 0.15) is 11.8 Å². The molecule has 21 heavy (non-hydrogen) atoms. The highest BCUT2D eigenvalue weighted by Crippen LogP contribution is 2.40. The molecule has 0 aliphatic heterocycles. The fourth-order valence-corrected chi connectivity index (χ4v) is 2.19. The molecule has 1 amide bonds. The zero-order chi connectivity index (χ0) is 15.5. The van der Waals surface area contributed by atoms with Gasteiger partial charge in [0.05, 0.1) is 0 Å². The highest BCUT2D eigenvalue weighted by atomic mass is 16.5. The van der Waals surface area contributed by atoms with Gasteiger partial charge in [-0.25, -0.2) is 4.79 Å². The van der Waals surface area contributed by atoms with Crippen molar-refractivity contribution < 1.29 is 19.4 Å². The Morgan fingerprint density at radius 3 is 2.38 bits per heavy atom. The number of nitrogens with one attached hydrogen (secondary N) is 1. The van der Waals surface area contributed by atoms with Crippen LogP contribution in [0.4, 0.5) is 0 Å². The van der Waals surface area contributed by atoms with Crippen LogP contribution in [0.2, 0.25) is 0 Å². The fraction of sp³-hybridized carbons (Fsp3) is 0.500. The van der Waals surface area contributed by atoms with Crippen LogP contribution in [0.5, 0.6) is 5.75 Å². The summed E-state index contributed by atoms with van der Waals surface area (Å²) in [6.07, 6.45) is 1.63. The lowest BCUT2D eigenvalue weighted by molar-refractivity contribution is -0.144. The predicted molar refractivity (Wildman–Crippen MR) is 78.1 cm³/mol. The Morgan fingerprint density at radius 1 is 1.29 bits per heavy atom. The maximum atomic E-state index is 12.3. The first-order valence-corrected chi connectivity index (χ1v) is 7.21. The van der Waals surface area contributed by atoms with E-state index in [0.717, 1.165) is 0 Å². The van der Waals surface area contributed by atoms with Crippen LogP contribution in [-0.2, 0) is 9.59 Å². The van der Waals surface area contributed by atoms with Crippen molar-refractivity contribution >= 4 is 11.9 Å². The molecule has 0 aromatic heterocycles. The van der Waals surface area contributed by atoms with E-state index in [1.807, 2.05) is 32.0 Å². The summed E-state index contributed by atoms with van der Waals surface area (Å²) in [5, 5.41) is 11.8. The SMILES string of the molecule is CC(C)C[C@@H](NC(=O)C1(Oc2ccccc2)CC1)C(=O)O. The molecule has 1 fully saturated rings. The van der Waals surface area contributed by atoms with Crippen molar-refractivity contribution in [3.05, 3.63) is 30.3 Å². The first-order chi connectivity index (χ1) is 9.93. The molecule has 0 radical (unpaired) electrons. The molecule has 1 saturated carbocycles. The molecule has 5 nitrogen and oxygen atoms in total. The number of para-hydroxylation sites is 1. The van der Waals surface area contributed by atoms with Gasteiger partial charge in [-0.05, 0) is 24.5 Å². The van der Waals surface area contributed by atoms with Gasteiger partial charge in [-0.3, -0.25) is 4.79 Å². The van der Waals surface area contributed by atoms with Gasteiger partial charge in [0.2, 0.25) is 0 Å². The topological polar surface area (TPSA) is 75.6 Å². The van der Waals surface area contributed by atoms with Crippen LogP contribution in [0, 0.1) is 5.92 Å². The van der Waals surface area contributed by atoms with Crippen LogP contribution < -0.4 is 10.1 Å². The highest BCUT2D eigenvalue weighted by molar-refractivity contribution is 5.91. The van der Waals surface area contributed by atoms with Crippen molar-refractivity contribution in [1.82, 2.24) is 5.32 Å². The molecule has 5 heteroatoms. The number of amides is 1. The summed E-state index contributed by atoms with van der Waals surface area (Å²) in [5.41, 5.74) is -0.897. The number of hydrogen-bond donors (Lipinski definition) is 2. The first kappa shape index (κ1) is 15.4. The van der Waals surface area contributed by atoms with E-state index in [-0.39, 0.29) is 11.8 Å². The first-order valence-electron chi connectivity index (χ1n) is 7.21. The van der Waals surface area contributed by atoms with Crippen molar-refractivity contribution in [3.63, 3.8) is 0 Å². The Hall–Kier alpha value is -2.04. The quantitative estimate of drug-likeness (QED) is 0.807. The maximum absolute atomic E-state index is 12.3. The molecule has 2 rings (SSSR count). The van der Waals surface area contributed by atoms with E-state index < -0.39 is 17.6 Å². The lowest BCUT2D eigenvalue weighted by Gasteiger charge is -2.22. The molecular weight excluding hydrogens is 270 g/mol. The zero-order valence-electron chi connectivity index (χ0n) is 12.3. The van der Waals surface area contributed by atoms with Gasteiger partial charge in [0, 0.05) is 12.8 Å². The second-order valence-corrected chi connectivity index (χ2v) is 5.90. The molecule has 1 aliphatic carbocycles. The summed E-state index contributed by atoms with van der Waals surface area (Å²) >= 11 is 0. The molecule has 1 atom stereocenters. The van der Waals surface area contributed by atoms with Crippen molar-refractivity contribution in [3.8, 4) is 5.75 Å². The van der Waals surface area contributed by atoms with E-state index in [2.05, 4.69) is 5.32 Å². The van der Waals surface area contributed by atoms with E-state index in [4.69, 9.17) is 4.74 Å². The molecule has 0 saturated heterocycles. The van der Waals surface area contributed by atoms with Crippen LogP contribution in [0.1, 0.15) is 33.1 Å². The average molecular weight is 291 g/mol. The molecule has 1 aromatic carbocycles. The van der Waals surface area contributed by atoms with Gasteiger partial charge < -0.3 is 15.2 Å². The molecule has 2 N–H and O–H groups in total. The van der Waals surface area contributed by atoms with Crippen molar-refractivity contribution in [2.75, 3.05) is 0 Å². The summed E-state index contributed by atoms with van der Waals surface area (Å²) in [6.45, 7) is 3.85. The smallest absolute Gasteiger partial charge is 0.326 e. The maximum Gasteiger partial charge on any atom is 0.326 e. The summed E-state index contributed by atoms with van der Waals surface area (Å²) < 4.78 is 5.76. The molecule has 1 aliphatic rings. The largest absolute Gasteiger partial charge is 0.480 e. The van der Waals surface area contributed by atoms with E-state index in [0.29, 0.717) is 25.0 Å². The Kier molecular flexibility index (Phi) is 4.50. The standard InChI is InChI=1S/C16H21NO4/c1-11(2)10-13(14(18)19)17-15(20)16(8-9-16)21-12-6-4-3-5-7-12/h3-7,11,13H,8-10H2,1-2H3,(H,17,20)(H,18,19)/t13-/m1/s1. The summed E-state index contributed by atoms with van der Waals surface area (Å²) in [5.74, 6) is -0.524. The van der Waals surface area contributed by atoms with E-state index in [1.54, 1.807) is 12.1 Å². The van der Waals surface area contributed by atoms with E-state index in [1.165, 1.54) is 0 Å². The normalized spacial score (nSPS) is 17.1. The fourth-order valence-electron chi connectivity index (χ4n) is 2.19. The lowest BCUT2D eigenvalue weighted by atomic mass is 10.0. The molecule has 0 heterocycles. The highest BCUT2D eigenvalue weighted by Gasteiger charge is 2.53. The number of hydrogen-bond acceptors (Lipinski definition) is 3. The number of carboxylic acids is 1. The zero-order valence-corrected chi connectivity index (χ0v) is 12.3. The molecule has 114 valence electrons. The van der Waals surface area contributed by atoms with Gasteiger partial charge in [-0.1, -0.05) is 32.0 Å². The van der Waals surface area contributed by atoms with Crippen molar-refractivity contribution in [1.29, 1.82) is 0 Å². The summed E-state index contributed by atoms with van der Waals surface area (Å²) in [6, 6.07) is 8.25. The second-order valence-electron chi connectivity index (χ2n) is 5.90. The van der Waals surface area contributed by atoms with Crippen LogP contribution in [0.15, 0.2) is 30.3 Å². The number of benzene rings is 1. The third kappa shape index (κ3) is 3.97. The number of carboxylic acid groups (broad SMARTS) is 1. The van der Waals surface area contributed by atoms with Crippen molar-refractivity contribution in [2.24, 2.45) is 5.92 Å². The van der Waals surface area contributed by atoms with Crippen LogP contribution in [0.3, 0.4) is 0 Å². The third-order valence-electron chi connectivity index (χ3n) is 3.48. The lowest BCUT2D eigenvalue weighted by Crippen LogP contribution is -2.49. The van der Waals surface area contributed by atoms with E-state index in [9.17, 15) is 14.7 Å². The minimum Gasteiger partial charge on any atom is -0.480 e. The molecule has 0 unspecified atom stereocenters. The number of aliphatic carboxylic acids is 1. The summed E-state index contributed by atoms with van der Waals surface area (Å²) in [4.78, 5) is 23.5. The van der Waals surface area contributed by atoms with Crippen LogP contribution in [-0.4, -0.2) is 28.6 Å². The second kappa shape index (κ2) is 6.16. The van der Waals surface area contributed by atoms with Gasteiger partial charge in [-0.2, -0.15) is 0 Å². The Labute approximate surface area is 124 Å². The van der Waals surface area contributed by atoms with Crippen LogP contribution in [0.25, 0.3) is 0 Å². The summed E-state index contributed by atoms with van der Waals surface area (Å²) in [7, 11) is 0. The van der Waals surface area contributed by atoms with Gasteiger partial charge >= 0.3 is 5.97 Å². The molecule has 0 spiro atoms. The van der Waals surface area contributed by atoms with Gasteiger partial charge in [-0.15, -0.1) is 0 Å². The van der Waals surface area contributed by atoms with E-state index >= 15 is 0 Å². The number of carbonyl (C=O) groups excluding carboxylic acids is 1. The molecular formula is C16H21NO4. The molecule has 1 aromatic rings. The monoisotopic (exact) mass is 291 g/mol. The Morgan fingerprint density at radius 2 is 1.90 bits per heavy atom. The third-order valence-corrected chi connectivity index (χ3v) is 3.48. The van der Waals surface area contributed by atoms with Crippen molar-refractivity contribution in [2.45, 2.75) is 44.8 Å². The molecule has 0 bridgehead atoms. The van der Waals surface area contributed by atoms with Gasteiger partial charge in [0.15, 0.2) is 5.60 Å². The average Bonchev–Trinajstić information content (AvgIpc) is 3.19. The predicted octanol–water partition coefficient (Wildman–Crippen LogP) is 2.21.